The van der Waals surface area contributed by atoms with Crippen LogP contribution in [0.5, 0.6) is 0 Å². The summed E-state index contributed by atoms with van der Waals surface area (Å²) in [6.45, 7) is 0. The van der Waals surface area contributed by atoms with Crippen LogP contribution in [0, 0.1) is 0 Å². The van der Waals surface area contributed by atoms with Gasteiger partial charge >= 0.3 is 0 Å². The summed E-state index contributed by atoms with van der Waals surface area (Å²) < 4.78 is 4.42. The lowest BCUT2D eigenvalue weighted by Gasteiger charge is -2.11. The van der Waals surface area contributed by atoms with Crippen molar-refractivity contribution in [3.8, 4) is 45.5 Å². The Kier molecular flexibility index (Phi) is 6.39. The van der Waals surface area contributed by atoms with Gasteiger partial charge in [-0.1, -0.05) is 115 Å². The predicted octanol–water partition coefficient (Wildman–Crippen LogP) is 10.5. The third-order valence-corrected chi connectivity index (χ3v) is 9.44. The molecule has 10 rings (SSSR count). The van der Waals surface area contributed by atoms with Gasteiger partial charge in [-0.05, 0) is 59.7 Å². The molecule has 10 aromatic rings. The standard InChI is InChI=1S/C44H28N6/c1-4-13-29(14-5-1)41-46-42(30-15-6-2-7-16-30)48-44(47-41)50-38-21-11-10-19-34(38)37-27-31(23-25-39(37)50)32-22-24-35-36-20-12-26-45-43(36)49(40(35)28-32)33-17-8-3-9-18-33/h1-28H. The Balaban J connectivity index is 1.18. The summed E-state index contributed by atoms with van der Waals surface area (Å²) in [7, 11) is 0. The predicted molar refractivity (Wildman–Crippen MR) is 203 cm³/mol. The Bertz CT molecular complexity index is 2800. The zero-order valence-corrected chi connectivity index (χ0v) is 26.8. The van der Waals surface area contributed by atoms with Crippen molar-refractivity contribution in [2.45, 2.75) is 0 Å². The van der Waals surface area contributed by atoms with E-state index in [1.807, 2.05) is 79.0 Å². The summed E-state index contributed by atoms with van der Waals surface area (Å²) in [4.78, 5) is 19.9. The molecule has 0 radical (unpaired) electrons. The molecule has 4 heterocycles. The van der Waals surface area contributed by atoms with Gasteiger partial charge < -0.3 is 0 Å². The molecule has 50 heavy (non-hydrogen) atoms. The highest BCUT2D eigenvalue weighted by Gasteiger charge is 2.19. The summed E-state index contributed by atoms with van der Waals surface area (Å²) in [6, 6.07) is 56.7. The molecule has 0 saturated carbocycles. The number of rotatable bonds is 5. The second kappa shape index (κ2) is 11.4. The van der Waals surface area contributed by atoms with E-state index >= 15 is 0 Å². The molecule has 6 heteroatoms. The van der Waals surface area contributed by atoms with Crippen molar-refractivity contribution in [2.24, 2.45) is 0 Å². The highest BCUT2D eigenvalue weighted by molar-refractivity contribution is 6.11. The Morgan fingerprint density at radius 2 is 0.940 bits per heavy atom. The Hall–Kier alpha value is -6.92. The van der Waals surface area contributed by atoms with Crippen molar-refractivity contribution in [3.63, 3.8) is 0 Å². The molecule has 4 aromatic heterocycles. The van der Waals surface area contributed by atoms with Crippen LogP contribution in [0.1, 0.15) is 0 Å². The maximum absolute atomic E-state index is 5.08. The minimum absolute atomic E-state index is 0.581. The number of benzene rings is 6. The molecule has 0 fully saturated rings. The van der Waals surface area contributed by atoms with Crippen LogP contribution < -0.4 is 0 Å². The fourth-order valence-corrected chi connectivity index (χ4v) is 7.13. The first-order valence-corrected chi connectivity index (χ1v) is 16.7. The second-order valence-electron chi connectivity index (χ2n) is 12.4. The monoisotopic (exact) mass is 640 g/mol. The van der Waals surface area contributed by atoms with Crippen LogP contribution in [0.3, 0.4) is 0 Å². The molecule has 0 amide bonds. The van der Waals surface area contributed by atoms with E-state index in [4.69, 9.17) is 19.9 Å². The molecule has 0 spiro atoms. The molecule has 0 aliphatic heterocycles. The van der Waals surface area contributed by atoms with Crippen LogP contribution in [0.2, 0.25) is 0 Å². The van der Waals surface area contributed by atoms with Crippen molar-refractivity contribution in [1.29, 1.82) is 0 Å². The van der Waals surface area contributed by atoms with Gasteiger partial charge in [-0.3, -0.25) is 9.13 Å². The molecule has 0 unspecified atom stereocenters. The van der Waals surface area contributed by atoms with Crippen molar-refractivity contribution in [3.05, 3.63) is 170 Å². The molecule has 0 N–H and O–H groups in total. The summed E-state index contributed by atoms with van der Waals surface area (Å²) in [5.74, 6) is 1.85. The molecule has 0 atom stereocenters. The molecule has 234 valence electrons. The number of pyridine rings is 1. The van der Waals surface area contributed by atoms with E-state index < -0.39 is 0 Å². The number of aromatic nitrogens is 6. The number of fused-ring (bicyclic) bond motifs is 6. The highest BCUT2D eigenvalue weighted by atomic mass is 15.2. The summed E-state index contributed by atoms with van der Waals surface area (Å²) in [5.41, 5.74) is 9.37. The first-order chi connectivity index (χ1) is 24.8. The van der Waals surface area contributed by atoms with Gasteiger partial charge in [0.15, 0.2) is 11.6 Å². The van der Waals surface area contributed by atoms with Gasteiger partial charge in [0.05, 0.1) is 16.6 Å². The zero-order chi connectivity index (χ0) is 33.0. The minimum atomic E-state index is 0.581. The van der Waals surface area contributed by atoms with Gasteiger partial charge in [-0.2, -0.15) is 9.97 Å². The van der Waals surface area contributed by atoms with Crippen LogP contribution in [0.25, 0.3) is 89.3 Å². The van der Waals surface area contributed by atoms with E-state index in [-0.39, 0.29) is 0 Å². The molecule has 0 bridgehead atoms. The number of nitrogens with zero attached hydrogens (tertiary/aromatic N) is 6. The average Bonchev–Trinajstić information content (AvgIpc) is 3.71. The average molecular weight is 641 g/mol. The van der Waals surface area contributed by atoms with E-state index in [0.717, 1.165) is 66.3 Å². The first-order valence-electron chi connectivity index (χ1n) is 16.7. The maximum atomic E-state index is 5.08. The molecule has 0 saturated heterocycles. The minimum Gasteiger partial charge on any atom is -0.294 e. The Morgan fingerprint density at radius 1 is 0.360 bits per heavy atom. The largest absolute Gasteiger partial charge is 0.294 e. The third kappa shape index (κ3) is 4.50. The lowest BCUT2D eigenvalue weighted by atomic mass is 10.0. The van der Waals surface area contributed by atoms with E-state index in [1.165, 1.54) is 5.39 Å². The van der Waals surface area contributed by atoms with Crippen LogP contribution in [-0.4, -0.2) is 29.1 Å². The van der Waals surface area contributed by atoms with Crippen molar-refractivity contribution in [1.82, 2.24) is 29.1 Å². The number of para-hydroxylation sites is 2. The number of hydrogen-bond donors (Lipinski definition) is 0. The van der Waals surface area contributed by atoms with Gasteiger partial charge in [0.1, 0.15) is 5.65 Å². The van der Waals surface area contributed by atoms with Gasteiger partial charge in [0.2, 0.25) is 5.95 Å². The lowest BCUT2D eigenvalue weighted by molar-refractivity contribution is 0.953. The van der Waals surface area contributed by atoms with Gasteiger partial charge in [-0.25, -0.2) is 9.97 Å². The first kappa shape index (κ1) is 28.1. The van der Waals surface area contributed by atoms with Crippen LogP contribution >= 0.6 is 0 Å². The summed E-state index contributed by atoms with van der Waals surface area (Å²) in [6.07, 6.45) is 1.86. The molecular formula is C44H28N6. The Labute approximate surface area is 287 Å². The Morgan fingerprint density at radius 3 is 1.68 bits per heavy atom. The van der Waals surface area contributed by atoms with Gasteiger partial charge in [0.25, 0.3) is 0 Å². The van der Waals surface area contributed by atoms with Crippen LogP contribution in [0.15, 0.2) is 170 Å². The fourth-order valence-electron chi connectivity index (χ4n) is 7.13. The quantitative estimate of drug-likeness (QED) is 0.188. The normalized spacial score (nSPS) is 11.6. The lowest BCUT2D eigenvalue weighted by Crippen LogP contribution is -2.06. The molecule has 6 nitrogen and oxygen atoms in total. The van der Waals surface area contributed by atoms with Crippen molar-refractivity contribution >= 4 is 43.7 Å². The summed E-state index contributed by atoms with van der Waals surface area (Å²) >= 11 is 0. The number of hydrogen-bond acceptors (Lipinski definition) is 4. The van der Waals surface area contributed by atoms with Crippen molar-refractivity contribution < 1.29 is 0 Å². The topological polar surface area (TPSA) is 61.4 Å². The van der Waals surface area contributed by atoms with E-state index in [2.05, 4.69) is 100 Å². The molecule has 6 aromatic carbocycles. The maximum Gasteiger partial charge on any atom is 0.238 e. The van der Waals surface area contributed by atoms with E-state index in [0.29, 0.717) is 17.6 Å². The summed E-state index contributed by atoms with van der Waals surface area (Å²) in [5, 5.41) is 4.58. The molecular weight excluding hydrogens is 613 g/mol. The second-order valence-corrected chi connectivity index (χ2v) is 12.4. The molecule has 0 aliphatic carbocycles. The van der Waals surface area contributed by atoms with Crippen LogP contribution in [0.4, 0.5) is 0 Å². The zero-order valence-electron chi connectivity index (χ0n) is 26.8. The van der Waals surface area contributed by atoms with Crippen LogP contribution in [-0.2, 0) is 0 Å². The van der Waals surface area contributed by atoms with E-state index in [9.17, 15) is 0 Å². The van der Waals surface area contributed by atoms with E-state index in [1.54, 1.807) is 0 Å². The fraction of sp³-hybridized carbons (Fsp3) is 0. The van der Waals surface area contributed by atoms with Gasteiger partial charge in [0, 0.05) is 44.6 Å². The molecule has 0 aliphatic rings. The smallest absolute Gasteiger partial charge is 0.238 e. The third-order valence-electron chi connectivity index (χ3n) is 9.44. The van der Waals surface area contributed by atoms with Gasteiger partial charge in [-0.15, -0.1) is 0 Å². The van der Waals surface area contributed by atoms with Crippen molar-refractivity contribution in [2.75, 3.05) is 0 Å². The SMILES string of the molecule is c1ccc(-c2nc(-c3ccccc3)nc(-n3c4ccccc4c4cc(-c5ccc6c7cccnc7n(-c7ccccc7)c6c5)ccc43)n2)cc1. The highest BCUT2D eigenvalue weighted by Crippen LogP contribution is 2.37.